The molecule has 2 fully saturated rings. The highest BCUT2D eigenvalue weighted by Gasteiger charge is 2.67. The molecule has 0 radical (unpaired) electrons. The Morgan fingerprint density at radius 2 is 1.86 bits per heavy atom. The molecule has 1 heterocycles. The largest absolute Gasteiger partial charge is 0.298 e. The lowest BCUT2D eigenvalue weighted by molar-refractivity contribution is 0.262. The van der Waals surface area contributed by atoms with Crippen molar-refractivity contribution in [3.63, 3.8) is 0 Å². The lowest BCUT2D eigenvalue weighted by Gasteiger charge is -2.27. The molecule has 5 nitrogen and oxygen atoms in total. The van der Waals surface area contributed by atoms with E-state index >= 15 is 0 Å². The standard InChI is InChI=1S/C22H25N3O2S/c1-3-22(18-5-4-6-19(11-18)24-28(2,26)27)20-14-25(15-21(20)22)13-17-9-7-16(12-23)8-10-17/h4-11,20-21,24H,3,13-15H2,1-2H3. The first-order chi connectivity index (χ1) is 13.4. The highest BCUT2D eigenvalue weighted by atomic mass is 32.2. The Bertz CT molecular complexity index is 1010. The molecule has 2 aromatic carbocycles. The fourth-order valence-corrected chi connectivity index (χ4v) is 5.69. The summed E-state index contributed by atoms with van der Waals surface area (Å²) in [6.45, 7) is 5.26. The van der Waals surface area contributed by atoms with Crippen molar-refractivity contribution in [1.82, 2.24) is 4.90 Å². The number of nitrogens with zero attached hydrogens (tertiary/aromatic N) is 2. The monoisotopic (exact) mass is 395 g/mol. The number of fused-ring (bicyclic) bond motifs is 1. The van der Waals surface area contributed by atoms with Crippen molar-refractivity contribution in [1.29, 1.82) is 5.26 Å². The molecule has 0 amide bonds. The van der Waals surface area contributed by atoms with E-state index < -0.39 is 10.0 Å². The van der Waals surface area contributed by atoms with Gasteiger partial charge in [-0.15, -0.1) is 0 Å². The first-order valence-electron chi connectivity index (χ1n) is 9.65. The quantitative estimate of drug-likeness (QED) is 0.814. The van der Waals surface area contributed by atoms with Crippen LogP contribution < -0.4 is 4.72 Å². The summed E-state index contributed by atoms with van der Waals surface area (Å²) in [6, 6.07) is 17.9. The SMILES string of the molecule is CCC1(c2cccc(NS(C)(=O)=O)c2)C2CN(Cc3ccc(C#N)cc3)CC21. The molecule has 146 valence electrons. The van der Waals surface area contributed by atoms with Gasteiger partial charge in [0.1, 0.15) is 0 Å². The van der Waals surface area contributed by atoms with Crippen LogP contribution >= 0.6 is 0 Å². The van der Waals surface area contributed by atoms with Crippen LogP contribution in [0.4, 0.5) is 5.69 Å². The van der Waals surface area contributed by atoms with Crippen LogP contribution in [0, 0.1) is 23.2 Å². The molecule has 1 N–H and O–H groups in total. The van der Waals surface area contributed by atoms with Gasteiger partial charge in [0.05, 0.1) is 17.9 Å². The zero-order valence-electron chi connectivity index (χ0n) is 16.2. The molecule has 2 atom stereocenters. The third-order valence-corrected chi connectivity index (χ3v) is 6.99. The van der Waals surface area contributed by atoms with Gasteiger partial charge >= 0.3 is 0 Å². The average Bonchev–Trinajstić information content (AvgIpc) is 3.04. The van der Waals surface area contributed by atoms with Gasteiger partial charge in [0.25, 0.3) is 0 Å². The Hall–Kier alpha value is -2.36. The maximum atomic E-state index is 11.6. The van der Waals surface area contributed by atoms with Crippen molar-refractivity contribution in [2.45, 2.75) is 25.3 Å². The van der Waals surface area contributed by atoms with Crippen LogP contribution in [0.15, 0.2) is 48.5 Å². The lowest BCUT2D eigenvalue weighted by atomic mass is 9.87. The van der Waals surface area contributed by atoms with E-state index in [1.54, 1.807) is 0 Å². The summed E-state index contributed by atoms with van der Waals surface area (Å²) in [4.78, 5) is 2.49. The van der Waals surface area contributed by atoms with Gasteiger partial charge in [-0.1, -0.05) is 31.2 Å². The molecule has 28 heavy (non-hydrogen) atoms. The van der Waals surface area contributed by atoms with E-state index in [0.717, 1.165) is 26.1 Å². The Kier molecular flexibility index (Phi) is 4.68. The number of piperidine rings is 1. The van der Waals surface area contributed by atoms with E-state index in [9.17, 15) is 8.42 Å². The molecule has 2 aromatic rings. The zero-order valence-corrected chi connectivity index (χ0v) is 17.0. The molecule has 2 unspecified atom stereocenters. The van der Waals surface area contributed by atoms with E-state index in [1.165, 1.54) is 17.4 Å². The molecule has 1 aliphatic heterocycles. The van der Waals surface area contributed by atoms with Gasteiger partial charge < -0.3 is 0 Å². The van der Waals surface area contributed by atoms with Gasteiger partial charge in [0, 0.05) is 30.7 Å². The average molecular weight is 396 g/mol. The second kappa shape index (κ2) is 6.91. The minimum absolute atomic E-state index is 0.163. The fraction of sp³-hybridized carbons (Fsp3) is 0.409. The molecular formula is C22H25N3O2S. The van der Waals surface area contributed by atoms with E-state index in [4.69, 9.17) is 5.26 Å². The number of benzene rings is 2. The highest BCUT2D eigenvalue weighted by molar-refractivity contribution is 7.92. The molecular weight excluding hydrogens is 370 g/mol. The lowest BCUT2D eigenvalue weighted by Crippen LogP contribution is -2.29. The first kappa shape index (κ1) is 19.0. The number of rotatable bonds is 6. The van der Waals surface area contributed by atoms with Crippen LogP contribution in [0.5, 0.6) is 0 Å². The molecule has 4 rings (SSSR count). The van der Waals surface area contributed by atoms with E-state index in [-0.39, 0.29) is 5.41 Å². The summed E-state index contributed by atoms with van der Waals surface area (Å²) in [6.07, 6.45) is 2.25. The Labute approximate surface area is 167 Å². The normalized spacial score (nSPS) is 26.5. The van der Waals surface area contributed by atoms with Gasteiger partial charge in [-0.05, 0) is 53.6 Å². The zero-order chi connectivity index (χ0) is 19.9. The molecule has 0 bridgehead atoms. The minimum Gasteiger partial charge on any atom is -0.298 e. The molecule has 1 saturated heterocycles. The Morgan fingerprint density at radius 3 is 2.43 bits per heavy atom. The van der Waals surface area contributed by atoms with Crippen LogP contribution in [0.1, 0.15) is 30.0 Å². The van der Waals surface area contributed by atoms with Gasteiger partial charge in [0.2, 0.25) is 10.0 Å². The van der Waals surface area contributed by atoms with Crippen molar-refractivity contribution in [3.05, 3.63) is 65.2 Å². The maximum Gasteiger partial charge on any atom is 0.229 e. The summed E-state index contributed by atoms with van der Waals surface area (Å²) in [5.41, 5.74) is 3.99. The number of hydrogen-bond acceptors (Lipinski definition) is 4. The summed E-state index contributed by atoms with van der Waals surface area (Å²) in [5, 5.41) is 8.93. The van der Waals surface area contributed by atoms with E-state index in [2.05, 4.69) is 28.7 Å². The summed E-state index contributed by atoms with van der Waals surface area (Å²) >= 11 is 0. The number of nitrogens with one attached hydrogen (secondary N) is 1. The third kappa shape index (κ3) is 3.41. The molecule has 6 heteroatoms. The van der Waals surface area contributed by atoms with Crippen LogP contribution in [0.25, 0.3) is 0 Å². The molecule has 0 aromatic heterocycles. The van der Waals surface area contributed by atoms with Crippen LogP contribution in [-0.4, -0.2) is 32.7 Å². The Balaban J connectivity index is 1.46. The number of hydrogen-bond donors (Lipinski definition) is 1. The maximum absolute atomic E-state index is 11.6. The smallest absolute Gasteiger partial charge is 0.229 e. The number of anilines is 1. The fourth-order valence-electron chi connectivity index (χ4n) is 5.13. The topological polar surface area (TPSA) is 73.2 Å². The van der Waals surface area contributed by atoms with Gasteiger partial charge in [-0.3, -0.25) is 9.62 Å². The summed E-state index contributed by atoms with van der Waals surface area (Å²) < 4.78 is 25.7. The van der Waals surface area contributed by atoms with Crippen molar-refractivity contribution >= 4 is 15.7 Å². The molecule has 2 aliphatic rings. The predicted molar refractivity (Wildman–Crippen MR) is 110 cm³/mol. The molecule has 1 saturated carbocycles. The number of sulfonamides is 1. The van der Waals surface area contributed by atoms with Crippen LogP contribution in [-0.2, 0) is 22.0 Å². The summed E-state index contributed by atoms with van der Waals surface area (Å²) in [5.74, 6) is 1.23. The minimum atomic E-state index is -3.27. The highest BCUT2D eigenvalue weighted by Crippen LogP contribution is 2.65. The van der Waals surface area contributed by atoms with Crippen molar-refractivity contribution in [2.24, 2.45) is 11.8 Å². The second-order valence-electron chi connectivity index (χ2n) is 8.06. The van der Waals surface area contributed by atoms with Gasteiger partial charge in [-0.25, -0.2) is 8.42 Å². The van der Waals surface area contributed by atoms with Crippen LogP contribution in [0.3, 0.4) is 0 Å². The van der Waals surface area contributed by atoms with Gasteiger partial charge in [-0.2, -0.15) is 5.26 Å². The second-order valence-corrected chi connectivity index (χ2v) is 9.81. The van der Waals surface area contributed by atoms with Crippen molar-refractivity contribution < 1.29 is 8.42 Å². The van der Waals surface area contributed by atoms with Crippen LogP contribution in [0.2, 0.25) is 0 Å². The van der Waals surface area contributed by atoms with E-state index in [0.29, 0.717) is 23.1 Å². The summed E-state index contributed by atoms with van der Waals surface area (Å²) in [7, 11) is -3.27. The number of nitriles is 1. The van der Waals surface area contributed by atoms with E-state index in [1.807, 2.05) is 42.5 Å². The van der Waals surface area contributed by atoms with Crippen molar-refractivity contribution in [3.8, 4) is 6.07 Å². The predicted octanol–water partition coefficient (Wildman–Crippen LogP) is 3.34. The van der Waals surface area contributed by atoms with Crippen molar-refractivity contribution in [2.75, 3.05) is 24.1 Å². The number of likely N-dealkylation sites (tertiary alicyclic amines) is 1. The Morgan fingerprint density at radius 1 is 1.18 bits per heavy atom. The molecule has 1 aliphatic carbocycles. The van der Waals surface area contributed by atoms with Gasteiger partial charge in [0.15, 0.2) is 0 Å². The molecule has 0 spiro atoms. The third-order valence-electron chi connectivity index (χ3n) is 6.39. The first-order valence-corrected chi connectivity index (χ1v) is 11.5.